The molecule has 1 heterocycles. The molecule has 0 saturated heterocycles. The first kappa shape index (κ1) is 24.7. The number of hydrogen-bond donors (Lipinski definition) is 1. The second-order valence-corrected chi connectivity index (χ2v) is 10.0. The summed E-state index contributed by atoms with van der Waals surface area (Å²) in [5.74, 6) is 0.730. The van der Waals surface area contributed by atoms with E-state index in [1.54, 1.807) is 15.5 Å². The van der Waals surface area contributed by atoms with Gasteiger partial charge < -0.3 is 10.2 Å². The molecule has 7 heteroatoms. The second-order valence-electron chi connectivity index (χ2n) is 9.13. The van der Waals surface area contributed by atoms with Gasteiger partial charge in [-0.2, -0.15) is 0 Å². The van der Waals surface area contributed by atoms with E-state index in [2.05, 4.69) is 35.1 Å². The monoisotopic (exact) mass is 532 g/mol. The SMILES string of the molecule is Cc1ccc(-n2c(C(C)N(CC(C)C)C(=O)Nc3cccc(Br)c3)nc3ccccc3c2=O)cc1. The molecule has 0 spiro atoms. The number of aryl methyl sites for hydroxylation is 1. The summed E-state index contributed by atoms with van der Waals surface area (Å²) >= 11 is 3.45. The van der Waals surface area contributed by atoms with Gasteiger partial charge in [-0.25, -0.2) is 9.78 Å². The van der Waals surface area contributed by atoms with Gasteiger partial charge in [-0.05, 0) is 62.2 Å². The van der Waals surface area contributed by atoms with Crippen molar-refractivity contribution in [3.63, 3.8) is 0 Å². The number of nitrogens with one attached hydrogen (secondary N) is 1. The molecule has 2 amide bonds. The third-order valence-electron chi connectivity index (χ3n) is 5.83. The number of anilines is 1. The molecule has 0 radical (unpaired) electrons. The lowest BCUT2D eigenvalue weighted by atomic mass is 10.1. The fourth-order valence-corrected chi connectivity index (χ4v) is 4.48. The van der Waals surface area contributed by atoms with Gasteiger partial charge in [0.05, 0.1) is 22.6 Å². The molecule has 1 N–H and O–H groups in total. The number of benzene rings is 3. The van der Waals surface area contributed by atoms with Gasteiger partial charge in [0.25, 0.3) is 5.56 Å². The predicted molar refractivity (Wildman–Crippen MR) is 145 cm³/mol. The Balaban J connectivity index is 1.84. The molecule has 0 aliphatic rings. The van der Waals surface area contributed by atoms with Crippen LogP contribution in [-0.4, -0.2) is 27.0 Å². The number of nitrogens with zero attached hydrogens (tertiary/aromatic N) is 3. The largest absolute Gasteiger partial charge is 0.322 e. The molecule has 0 aliphatic heterocycles. The summed E-state index contributed by atoms with van der Waals surface area (Å²) in [7, 11) is 0. The Morgan fingerprint density at radius 2 is 1.74 bits per heavy atom. The van der Waals surface area contributed by atoms with Gasteiger partial charge in [0.1, 0.15) is 5.82 Å². The molecule has 0 bridgehead atoms. The highest BCUT2D eigenvalue weighted by Gasteiger charge is 2.27. The van der Waals surface area contributed by atoms with Crippen LogP contribution in [0, 0.1) is 12.8 Å². The third kappa shape index (κ3) is 5.46. The van der Waals surface area contributed by atoms with E-state index in [-0.39, 0.29) is 17.5 Å². The highest BCUT2D eigenvalue weighted by Crippen LogP contribution is 2.25. The van der Waals surface area contributed by atoms with Crippen LogP contribution >= 0.6 is 15.9 Å². The lowest BCUT2D eigenvalue weighted by Gasteiger charge is -2.32. The third-order valence-corrected chi connectivity index (χ3v) is 6.33. The zero-order chi connectivity index (χ0) is 25.1. The molecule has 0 fully saturated rings. The van der Waals surface area contributed by atoms with E-state index in [0.29, 0.717) is 29.0 Å². The fraction of sp³-hybridized carbons (Fsp3) is 0.250. The van der Waals surface area contributed by atoms with Crippen molar-refractivity contribution >= 4 is 38.6 Å². The Hall–Kier alpha value is -3.45. The van der Waals surface area contributed by atoms with Crippen LogP contribution in [0.2, 0.25) is 0 Å². The number of halogens is 1. The van der Waals surface area contributed by atoms with E-state index in [0.717, 1.165) is 15.7 Å². The molecular formula is C28H29BrN4O2. The summed E-state index contributed by atoms with van der Waals surface area (Å²) in [6.45, 7) is 8.55. The van der Waals surface area contributed by atoms with E-state index in [9.17, 15) is 9.59 Å². The van der Waals surface area contributed by atoms with Crippen molar-refractivity contribution < 1.29 is 4.79 Å². The van der Waals surface area contributed by atoms with Gasteiger partial charge in [-0.15, -0.1) is 0 Å². The van der Waals surface area contributed by atoms with Gasteiger partial charge in [0.2, 0.25) is 0 Å². The van der Waals surface area contributed by atoms with Gasteiger partial charge >= 0.3 is 6.03 Å². The molecule has 3 aromatic carbocycles. The number of hydrogen-bond acceptors (Lipinski definition) is 3. The first-order valence-corrected chi connectivity index (χ1v) is 12.5. The Morgan fingerprint density at radius 3 is 2.43 bits per heavy atom. The number of carbonyl (C=O) groups is 1. The molecule has 1 atom stereocenters. The number of aromatic nitrogens is 2. The lowest BCUT2D eigenvalue weighted by Crippen LogP contribution is -2.41. The van der Waals surface area contributed by atoms with Crippen LogP contribution in [0.3, 0.4) is 0 Å². The van der Waals surface area contributed by atoms with E-state index < -0.39 is 6.04 Å². The molecule has 35 heavy (non-hydrogen) atoms. The molecule has 1 unspecified atom stereocenters. The molecule has 4 rings (SSSR count). The maximum Gasteiger partial charge on any atom is 0.322 e. The van der Waals surface area contributed by atoms with Crippen molar-refractivity contribution in [2.45, 2.75) is 33.7 Å². The number of fused-ring (bicyclic) bond motifs is 1. The minimum absolute atomic E-state index is 0.154. The zero-order valence-electron chi connectivity index (χ0n) is 20.3. The van der Waals surface area contributed by atoms with Crippen LogP contribution in [0.25, 0.3) is 16.6 Å². The zero-order valence-corrected chi connectivity index (χ0v) is 21.9. The summed E-state index contributed by atoms with van der Waals surface area (Å²) in [6.07, 6.45) is 0. The van der Waals surface area contributed by atoms with Crippen molar-refractivity contribution in [1.82, 2.24) is 14.5 Å². The lowest BCUT2D eigenvalue weighted by molar-refractivity contribution is 0.179. The molecule has 6 nitrogen and oxygen atoms in total. The molecule has 1 aromatic heterocycles. The standard InChI is InChI=1S/C28H29BrN4O2/c1-18(2)17-32(28(35)30-22-9-7-8-21(29)16-22)20(4)26-31-25-11-6-5-10-24(25)27(34)33(26)23-14-12-19(3)13-15-23/h5-16,18,20H,17H2,1-4H3,(H,30,35). The van der Waals surface area contributed by atoms with Crippen molar-refractivity contribution in [1.29, 1.82) is 0 Å². The number of para-hydroxylation sites is 1. The minimum atomic E-state index is -0.469. The molecule has 0 aliphatic carbocycles. The predicted octanol–water partition coefficient (Wildman–Crippen LogP) is 6.71. The molecular weight excluding hydrogens is 504 g/mol. The average Bonchev–Trinajstić information content (AvgIpc) is 2.83. The van der Waals surface area contributed by atoms with Crippen molar-refractivity contribution in [2.24, 2.45) is 5.92 Å². The van der Waals surface area contributed by atoms with Crippen molar-refractivity contribution in [2.75, 3.05) is 11.9 Å². The Morgan fingerprint density at radius 1 is 1.03 bits per heavy atom. The normalized spacial score (nSPS) is 12.1. The van der Waals surface area contributed by atoms with E-state index >= 15 is 0 Å². The first-order valence-electron chi connectivity index (χ1n) is 11.7. The molecule has 0 saturated carbocycles. The Labute approximate surface area is 213 Å². The Kier molecular flexibility index (Phi) is 7.36. The van der Waals surface area contributed by atoms with Crippen LogP contribution in [0.15, 0.2) is 82.1 Å². The summed E-state index contributed by atoms with van der Waals surface area (Å²) < 4.78 is 2.51. The second kappa shape index (κ2) is 10.4. The smallest absolute Gasteiger partial charge is 0.314 e. The Bertz CT molecular complexity index is 1410. The van der Waals surface area contributed by atoms with Crippen LogP contribution in [0.5, 0.6) is 0 Å². The maximum atomic E-state index is 13.7. The van der Waals surface area contributed by atoms with Crippen LogP contribution in [-0.2, 0) is 0 Å². The van der Waals surface area contributed by atoms with Gasteiger partial charge in [0, 0.05) is 16.7 Å². The average molecular weight is 533 g/mol. The topological polar surface area (TPSA) is 67.2 Å². The highest BCUT2D eigenvalue weighted by atomic mass is 79.9. The van der Waals surface area contributed by atoms with Gasteiger partial charge in [-0.3, -0.25) is 9.36 Å². The minimum Gasteiger partial charge on any atom is -0.314 e. The fourth-order valence-electron chi connectivity index (χ4n) is 4.08. The molecule has 180 valence electrons. The first-order chi connectivity index (χ1) is 16.7. The van der Waals surface area contributed by atoms with E-state index in [4.69, 9.17) is 4.98 Å². The van der Waals surface area contributed by atoms with Gasteiger partial charge in [0.15, 0.2) is 0 Å². The number of rotatable bonds is 6. The summed E-state index contributed by atoms with van der Waals surface area (Å²) in [5.41, 5.74) is 2.96. The number of amides is 2. The quantitative estimate of drug-likeness (QED) is 0.300. The highest BCUT2D eigenvalue weighted by molar-refractivity contribution is 9.10. The summed E-state index contributed by atoms with van der Waals surface area (Å²) in [5, 5.41) is 3.54. The van der Waals surface area contributed by atoms with Crippen LogP contribution in [0.4, 0.5) is 10.5 Å². The van der Waals surface area contributed by atoms with E-state index in [1.165, 1.54) is 0 Å². The molecule has 4 aromatic rings. The van der Waals surface area contributed by atoms with Crippen molar-refractivity contribution in [3.8, 4) is 5.69 Å². The van der Waals surface area contributed by atoms with Gasteiger partial charge in [-0.1, -0.05) is 65.7 Å². The summed E-state index contributed by atoms with van der Waals surface area (Å²) in [6, 6.07) is 21.9. The maximum absolute atomic E-state index is 13.7. The van der Waals surface area contributed by atoms with E-state index in [1.807, 2.05) is 80.6 Å². The van der Waals surface area contributed by atoms with Crippen LogP contribution in [0.1, 0.15) is 38.2 Å². The summed E-state index contributed by atoms with van der Waals surface area (Å²) in [4.78, 5) is 33.8. The van der Waals surface area contributed by atoms with Crippen LogP contribution < -0.4 is 10.9 Å². The van der Waals surface area contributed by atoms with Crippen molar-refractivity contribution in [3.05, 3.63) is 99.0 Å². The number of carbonyl (C=O) groups excluding carboxylic acids is 1. The number of urea groups is 1.